The van der Waals surface area contributed by atoms with E-state index in [0.29, 0.717) is 47.6 Å². The van der Waals surface area contributed by atoms with E-state index in [-0.39, 0.29) is 11.8 Å². The number of rotatable bonds is 6. The molecular formula is C23H23N7O3. The number of anilines is 1. The van der Waals surface area contributed by atoms with Crippen LogP contribution in [0.1, 0.15) is 35.0 Å². The van der Waals surface area contributed by atoms with Gasteiger partial charge >= 0.3 is 0 Å². The SMILES string of the molecule is C=CCOc1ccc([C@@H]2CC(=O)Nc3c2c(C)nn3-c2ccc3nnc(C)n3n2)cc1OC. The summed E-state index contributed by atoms with van der Waals surface area (Å²) in [6.07, 6.45) is 1.97. The summed E-state index contributed by atoms with van der Waals surface area (Å²) in [5, 5.41) is 20.4. The molecule has 0 bridgehead atoms. The molecule has 4 heterocycles. The van der Waals surface area contributed by atoms with Gasteiger partial charge in [0.05, 0.1) is 12.8 Å². The van der Waals surface area contributed by atoms with Crippen molar-refractivity contribution in [2.45, 2.75) is 26.2 Å². The number of nitrogens with zero attached hydrogens (tertiary/aromatic N) is 6. The minimum atomic E-state index is -0.190. The lowest BCUT2D eigenvalue weighted by Gasteiger charge is -2.25. The summed E-state index contributed by atoms with van der Waals surface area (Å²) in [4.78, 5) is 12.7. The zero-order valence-corrected chi connectivity index (χ0v) is 18.6. The highest BCUT2D eigenvalue weighted by atomic mass is 16.5. The van der Waals surface area contributed by atoms with E-state index in [9.17, 15) is 4.79 Å². The summed E-state index contributed by atoms with van der Waals surface area (Å²) in [6.45, 7) is 7.81. The van der Waals surface area contributed by atoms with E-state index in [1.807, 2.05) is 38.1 Å². The first kappa shape index (κ1) is 20.7. The number of carbonyl (C=O) groups is 1. The number of nitrogens with one attached hydrogen (secondary N) is 1. The van der Waals surface area contributed by atoms with Gasteiger partial charge in [-0.25, -0.2) is 0 Å². The Morgan fingerprint density at radius 1 is 1.18 bits per heavy atom. The molecule has 33 heavy (non-hydrogen) atoms. The molecule has 0 spiro atoms. The normalized spacial score (nSPS) is 15.2. The molecule has 1 aromatic carbocycles. The van der Waals surface area contributed by atoms with Crippen molar-refractivity contribution in [3.05, 3.63) is 65.6 Å². The second-order valence-corrected chi connectivity index (χ2v) is 7.78. The minimum Gasteiger partial charge on any atom is -0.493 e. The average Bonchev–Trinajstić information content (AvgIpc) is 3.36. The number of benzene rings is 1. The average molecular weight is 445 g/mol. The first-order chi connectivity index (χ1) is 16.0. The van der Waals surface area contributed by atoms with Crippen LogP contribution >= 0.6 is 0 Å². The van der Waals surface area contributed by atoms with E-state index in [0.717, 1.165) is 16.8 Å². The van der Waals surface area contributed by atoms with Crippen LogP contribution in [0, 0.1) is 13.8 Å². The smallest absolute Gasteiger partial charge is 0.226 e. The van der Waals surface area contributed by atoms with E-state index in [2.05, 4.69) is 27.2 Å². The lowest BCUT2D eigenvalue weighted by molar-refractivity contribution is -0.116. The van der Waals surface area contributed by atoms with Gasteiger partial charge in [0.15, 0.2) is 28.8 Å². The fourth-order valence-corrected chi connectivity index (χ4v) is 4.17. The van der Waals surface area contributed by atoms with Crippen molar-refractivity contribution in [3.63, 3.8) is 0 Å². The lowest BCUT2D eigenvalue weighted by Crippen LogP contribution is -2.25. The topological polar surface area (TPSA) is 108 Å². The van der Waals surface area contributed by atoms with Crippen molar-refractivity contribution in [1.82, 2.24) is 29.6 Å². The molecule has 10 heteroatoms. The van der Waals surface area contributed by atoms with Crippen LogP contribution in [0.15, 0.2) is 43.0 Å². The van der Waals surface area contributed by atoms with Crippen LogP contribution in [0.2, 0.25) is 0 Å². The van der Waals surface area contributed by atoms with E-state index in [1.165, 1.54) is 0 Å². The highest BCUT2D eigenvalue weighted by Crippen LogP contribution is 2.42. The summed E-state index contributed by atoms with van der Waals surface area (Å²) in [5.74, 6) is 2.76. The molecule has 5 rings (SSSR count). The first-order valence-corrected chi connectivity index (χ1v) is 10.5. The van der Waals surface area contributed by atoms with E-state index < -0.39 is 0 Å². The largest absolute Gasteiger partial charge is 0.493 e. The Kier molecular flexibility index (Phi) is 5.04. The summed E-state index contributed by atoms with van der Waals surface area (Å²) < 4.78 is 14.5. The second kappa shape index (κ2) is 8.05. The van der Waals surface area contributed by atoms with Crippen LogP contribution in [-0.4, -0.2) is 49.2 Å². The number of amides is 1. The zero-order chi connectivity index (χ0) is 23.1. The van der Waals surface area contributed by atoms with Crippen LogP contribution in [-0.2, 0) is 4.79 Å². The number of methoxy groups -OCH3 is 1. The lowest BCUT2D eigenvalue weighted by atomic mass is 9.85. The van der Waals surface area contributed by atoms with Gasteiger partial charge in [-0.05, 0) is 43.7 Å². The van der Waals surface area contributed by atoms with Gasteiger partial charge in [-0.3, -0.25) is 4.79 Å². The predicted octanol–water partition coefficient (Wildman–Crippen LogP) is 2.97. The fraction of sp³-hybridized carbons (Fsp3) is 0.261. The van der Waals surface area contributed by atoms with Crippen LogP contribution in [0.4, 0.5) is 5.82 Å². The molecule has 168 valence electrons. The Hall–Kier alpha value is -4.21. The number of carbonyl (C=O) groups excluding carboxylic acids is 1. The molecule has 4 aromatic rings. The maximum absolute atomic E-state index is 12.7. The van der Waals surface area contributed by atoms with E-state index in [4.69, 9.17) is 14.6 Å². The molecule has 0 radical (unpaired) electrons. The molecule has 1 atom stereocenters. The number of aromatic nitrogens is 6. The molecule has 10 nitrogen and oxygen atoms in total. The summed E-state index contributed by atoms with van der Waals surface area (Å²) in [5.41, 5.74) is 3.33. The molecule has 0 saturated carbocycles. The molecule has 1 aliphatic rings. The fourth-order valence-electron chi connectivity index (χ4n) is 4.17. The number of fused-ring (bicyclic) bond motifs is 2. The highest BCUT2D eigenvalue weighted by molar-refractivity contribution is 5.95. The number of hydrogen-bond acceptors (Lipinski definition) is 7. The van der Waals surface area contributed by atoms with Gasteiger partial charge in [0, 0.05) is 17.9 Å². The van der Waals surface area contributed by atoms with Crippen LogP contribution < -0.4 is 14.8 Å². The predicted molar refractivity (Wildman–Crippen MR) is 121 cm³/mol. The number of ether oxygens (including phenoxy) is 2. The van der Waals surface area contributed by atoms with Crippen molar-refractivity contribution in [1.29, 1.82) is 0 Å². The Labute approximate surface area is 189 Å². The van der Waals surface area contributed by atoms with Gasteiger partial charge in [-0.1, -0.05) is 18.7 Å². The van der Waals surface area contributed by atoms with Crippen molar-refractivity contribution >= 4 is 17.4 Å². The molecule has 1 aliphatic heterocycles. The number of aryl methyl sites for hydroxylation is 2. The summed E-state index contributed by atoms with van der Waals surface area (Å²) in [7, 11) is 1.59. The van der Waals surface area contributed by atoms with Gasteiger partial charge < -0.3 is 14.8 Å². The Morgan fingerprint density at radius 2 is 2.03 bits per heavy atom. The van der Waals surface area contributed by atoms with Crippen LogP contribution in [0.3, 0.4) is 0 Å². The molecule has 0 aliphatic carbocycles. The maximum atomic E-state index is 12.7. The van der Waals surface area contributed by atoms with Gasteiger partial charge in [0.1, 0.15) is 12.4 Å². The summed E-state index contributed by atoms with van der Waals surface area (Å²) in [6, 6.07) is 9.35. The number of hydrogen-bond donors (Lipinski definition) is 1. The third-order valence-electron chi connectivity index (χ3n) is 5.67. The Bertz CT molecular complexity index is 1390. The van der Waals surface area contributed by atoms with Gasteiger partial charge in [-0.15, -0.1) is 15.3 Å². The van der Waals surface area contributed by atoms with E-state index >= 15 is 0 Å². The zero-order valence-electron chi connectivity index (χ0n) is 18.6. The third kappa shape index (κ3) is 3.49. The second-order valence-electron chi connectivity index (χ2n) is 7.78. The molecule has 1 N–H and O–H groups in total. The monoisotopic (exact) mass is 445 g/mol. The Morgan fingerprint density at radius 3 is 2.82 bits per heavy atom. The van der Waals surface area contributed by atoms with Gasteiger partial charge in [0.2, 0.25) is 5.91 Å². The van der Waals surface area contributed by atoms with Gasteiger partial charge in [-0.2, -0.15) is 14.3 Å². The van der Waals surface area contributed by atoms with E-state index in [1.54, 1.807) is 28.4 Å². The Balaban J connectivity index is 1.60. The molecule has 0 saturated heterocycles. The first-order valence-electron chi connectivity index (χ1n) is 10.5. The molecule has 0 unspecified atom stereocenters. The maximum Gasteiger partial charge on any atom is 0.226 e. The van der Waals surface area contributed by atoms with Crippen LogP contribution in [0.5, 0.6) is 11.5 Å². The highest BCUT2D eigenvalue weighted by Gasteiger charge is 2.33. The quantitative estimate of drug-likeness (QED) is 0.455. The van der Waals surface area contributed by atoms with Crippen LogP contribution in [0.25, 0.3) is 11.5 Å². The third-order valence-corrected chi connectivity index (χ3v) is 5.67. The molecule has 0 fully saturated rings. The standard InChI is InChI=1S/C23H23N7O3/c1-5-10-33-17-7-6-15(11-18(17)32-4)16-12-21(31)24-23-22(16)13(2)27-30(23)20-9-8-19-26-25-14(3)29(19)28-20/h5-9,11,16H,1,10,12H2,2-4H3,(H,24,31)/t16-/m0/s1. The molecule has 1 amide bonds. The molecule has 3 aromatic heterocycles. The van der Waals surface area contributed by atoms with Gasteiger partial charge in [0.25, 0.3) is 0 Å². The van der Waals surface area contributed by atoms with Crippen molar-refractivity contribution < 1.29 is 14.3 Å². The van der Waals surface area contributed by atoms with Crippen molar-refractivity contribution in [2.24, 2.45) is 0 Å². The summed E-state index contributed by atoms with van der Waals surface area (Å²) >= 11 is 0. The van der Waals surface area contributed by atoms with Crippen molar-refractivity contribution in [2.75, 3.05) is 19.0 Å². The minimum absolute atomic E-state index is 0.0962. The van der Waals surface area contributed by atoms with Crippen molar-refractivity contribution in [3.8, 4) is 17.3 Å². The molecular weight excluding hydrogens is 422 g/mol.